The van der Waals surface area contributed by atoms with E-state index in [-0.39, 0.29) is 29.4 Å². The number of hydrogen-bond donors (Lipinski definition) is 0. The monoisotopic (exact) mass is 538 g/mol. The summed E-state index contributed by atoms with van der Waals surface area (Å²) in [6.45, 7) is 10.1. The van der Waals surface area contributed by atoms with E-state index in [0.717, 1.165) is 16.0 Å². The van der Waals surface area contributed by atoms with Crippen molar-refractivity contribution in [3.8, 4) is 5.75 Å². The second-order valence-corrected chi connectivity index (χ2v) is 9.86. The molecule has 0 atom stereocenters. The van der Waals surface area contributed by atoms with Crippen molar-refractivity contribution in [2.75, 3.05) is 64.1 Å². The number of hydrogen-bond acceptors (Lipinski definition) is 8. The summed E-state index contributed by atoms with van der Waals surface area (Å²) < 4.78 is 19.1. The molecule has 0 N–H and O–H groups in total. The highest BCUT2D eigenvalue weighted by atomic mass is 32.2. The van der Waals surface area contributed by atoms with E-state index < -0.39 is 0 Å². The van der Waals surface area contributed by atoms with Gasteiger partial charge in [-0.25, -0.2) is 4.79 Å². The Labute approximate surface area is 219 Å². The zero-order valence-electron chi connectivity index (χ0n) is 21.1. The Morgan fingerprint density at radius 1 is 1.00 bits per heavy atom. The van der Waals surface area contributed by atoms with E-state index in [4.69, 9.17) is 14.2 Å². The van der Waals surface area contributed by atoms with E-state index >= 15 is 0 Å². The lowest BCUT2D eigenvalue weighted by Gasteiger charge is -2.34. The Morgan fingerprint density at radius 3 is 2.44 bits per heavy atom. The van der Waals surface area contributed by atoms with Crippen LogP contribution in [0.2, 0.25) is 0 Å². The predicted octanol–water partition coefficient (Wildman–Crippen LogP) is 2.60. The molecule has 0 spiro atoms. The first-order valence-corrected chi connectivity index (χ1v) is 14.1. The molecule has 1 aromatic heterocycles. The second-order valence-electron chi connectivity index (χ2n) is 7.86. The molecule has 10 nitrogen and oxygen atoms in total. The van der Waals surface area contributed by atoms with Gasteiger partial charge in [0, 0.05) is 39.3 Å². The minimum absolute atomic E-state index is 0.0478. The molecule has 1 aliphatic rings. The molecule has 0 aliphatic carbocycles. The van der Waals surface area contributed by atoms with Crippen LogP contribution in [0.3, 0.4) is 0 Å². The van der Waals surface area contributed by atoms with Gasteiger partial charge in [0.2, 0.25) is 5.91 Å². The molecule has 1 saturated heterocycles. The number of thiazole rings is 1. The van der Waals surface area contributed by atoms with E-state index in [9.17, 15) is 14.4 Å². The summed E-state index contributed by atoms with van der Waals surface area (Å²) in [5.41, 5.74) is 0.972. The summed E-state index contributed by atoms with van der Waals surface area (Å²) in [6.07, 6.45) is -0.347. The molecule has 12 heteroatoms. The van der Waals surface area contributed by atoms with E-state index in [1.54, 1.807) is 16.7 Å². The third-order valence-electron chi connectivity index (χ3n) is 5.46. The van der Waals surface area contributed by atoms with Crippen molar-refractivity contribution in [2.24, 2.45) is 4.99 Å². The van der Waals surface area contributed by atoms with Crippen LogP contribution in [0.1, 0.15) is 20.8 Å². The molecule has 3 amide bonds. The van der Waals surface area contributed by atoms with Crippen LogP contribution in [-0.4, -0.2) is 96.4 Å². The highest BCUT2D eigenvalue weighted by Crippen LogP contribution is 2.23. The quantitative estimate of drug-likeness (QED) is 0.405. The molecule has 0 saturated carbocycles. The van der Waals surface area contributed by atoms with Crippen molar-refractivity contribution in [1.29, 1.82) is 0 Å². The average molecular weight is 539 g/mol. The smallest absolute Gasteiger partial charge is 0.409 e. The SMILES string of the molecule is CCOCCn1c(=NC(=O)CSCC(=O)N2CCN(C(=O)OCC)CC2)sc2cc(OCC)ccc21. The maximum atomic E-state index is 12.6. The zero-order valence-corrected chi connectivity index (χ0v) is 22.7. The third kappa shape index (κ3) is 7.71. The number of carbonyl (C=O) groups excluding carboxylic acids is 3. The molecule has 36 heavy (non-hydrogen) atoms. The number of benzene rings is 1. The summed E-state index contributed by atoms with van der Waals surface area (Å²) in [5.74, 6) is 0.737. The summed E-state index contributed by atoms with van der Waals surface area (Å²) in [5, 5.41) is 0. The topological polar surface area (TPSA) is 103 Å². The molecule has 0 unspecified atom stereocenters. The van der Waals surface area contributed by atoms with Gasteiger partial charge in [0.15, 0.2) is 4.80 Å². The summed E-state index contributed by atoms with van der Waals surface area (Å²) in [6, 6.07) is 5.84. The fourth-order valence-electron chi connectivity index (χ4n) is 3.72. The Kier molecular flexibility index (Phi) is 11.1. The van der Waals surface area contributed by atoms with Crippen molar-refractivity contribution in [1.82, 2.24) is 14.4 Å². The van der Waals surface area contributed by atoms with Gasteiger partial charge in [0.05, 0.1) is 41.5 Å². The summed E-state index contributed by atoms with van der Waals surface area (Å²) in [7, 11) is 0. The maximum absolute atomic E-state index is 12.6. The molecule has 2 aromatic rings. The standard InChI is InChI=1S/C24H34N4O6S2/c1-4-32-14-13-28-19-8-7-18(33-5-2)15-20(19)36-23(28)25-21(29)16-35-17-22(30)26-9-11-27(12-10-26)24(31)34-6-3/h7-8,15H,4-6,9-14,16-17H2,1-3H3. The van der Waals surface area contributed by atoms with Crippen molar-refractivity contribution < 1.29 is 28.6 Å². The fraction of sp³-hybridized carbons (Fsp3) is 0.583. The molecule has 1 aromatic carbocycles. The molecule has 3 rings (SSSR count). The number of rotatable bonds is 11. The molecule has 1 aliphatic heterocycles. The van der Waals surface area contributed by atoms with E-state index in [2.05, 4.69) is 4.99 Å². The first-order valence-electron chi connectivity index (χ1n) is 12.2. The van der Waals surface area contributed by atoms with Crippen LogP contribution >= 0.6 is 23.1 Å². The van der Waals surface area contributed by atoms with Crippen LogP contribution in [0.4, 0.5) is 4.79 Å². The highest BCUT2D eigenvalue weighted by Gasteiger charge is 2.24. The molecular formula is C24H34N4O6S2. The Balaban J connectivity index is 1.58. The number of aromatic nitrogens is 1. The number of piperazine rings is 1. The third-order valence-corrected chi connectivity index (χ3v) is 7.40. The highest BCUT2D eigenvalue weighted by molar-refractivity contribution is 8.00. The predicted molar refractivity (Wildman–Crippen MR) is 141 cm³/mol. The zero-order chi connectivity index (χ0) is 25.9. The van der Waals surface area contributed by atoms with Gasteiger partial charge in [-0.2, -0.15) is 4.99 Å². The van der Waals surface area contributed by atoms with E-state index in [1.807, 2.05) is 36.6 Å². The first kappa shape index (κ1) is 28.0. The number of fused-ring (bicyclic) bond motifs is 1. The van der Waals surface area contributed by atoms with Crippen LogP contribution in [-0.2, 0) is 25.6 Å². The number of nitrogens with zero attached hydrogens (tertiary/aromatic N) is 4. The molecule has 0 bridgehead atoms. The number of amides is 3. The first-order chi connectivity index (χ1) is 17.5. The van der Waals surface area contributed by atoms with Gasteiger partial charge in [0.25, 0.3) is 5.91 Å². The van der Waals surface area contributed by atoms with Gasteiger partial charge in [-0.1, -0.05) is 11.3 Å². The van der Waals surface area contributed by atoms with Gasteiger partial charge in [-0.05, 0) is 39.0 Å². The van der Waals surface area contributed by atoms with Gasteiger partial charge in [0.1, 0.15) is 5.75 Å². The molecule has 198 valence electrons. The Hall–Kier alpha value is -2.57. The van der Waals surface area contributed by atoms with Gasteiger partial charge < -0.3 is 28.6 Å². The molecule has 1 fully saturated rings. The van der Waals surface area contributed by atoms with Crippen molar-refractivity contribution in [3.05, 3.63) is 23.0 Å². The number of carbonyl (C=O) groups is 3. The molecule has 2 heterocycles. The van der Waals surface area contributed by atoms with Crippen molar-refractivity contribution >= 4 is 51.2 Å². The largest absolute Gasteiger partial charge is 0.494 e. The Bertz CT molecular complexity index is 1110. The van der Waals surface area contributed by atoms with Crippen LogP contribution in [0.5, 0.6) is 5.75 Å². The molecule has 0 radical (unpaired) electrons. The van der Waals surface area contributed by atoms with Crippen molar-refractivity contribution in [3.63, 3.8) is 0 Å². The normalized spacial score (nSPS) is 14.4. The molecular weight excluding hydrogens is 504 g/mol. The summed E-state index contributed by atoms with van der Waals surface area (Å²) >= 11 is 2.68. The minimum atomic E-state index is -0.347. The van der Waals surface area contributed by atoms with Gasteiger partial charge in [-0.3, -0.25) is 9.59 Å². The minimum Gasteiger partial charge on any atom is -0.494 e. The van der Waals surface area contributed by atoms with Crippen LogP contribution in [0.15, 0.2) is 23.2 Å². The number of thioether (sulfide) groups is 1. The van der Waals surface area contributed by atoms with Crippen molar-refractivity contribution in [2.45, 2.75) is 27.3 Å². The average Bonchev–Trinajstić information content (AvgIpc) is 3.20. The van der Waals surface area contributed by atoms with E-state index in [1.165, 1.54) is 23.1 Å². The lowest BCUT2D eigenvalue weighted by atomic mass is 10.3. The lowest BCUT2D eigenvalue weighted by Crippen LogP contribution is -2.51. The fourth-order valence-corrected chi connectivity index (χ4v) is 5.52. The van der Waals surface area contributed by atoms with Crippen LogP contribution < -0.4 is 9.54 Å². The Morgan fingerprint density at radius 2 is 1.75 bits per heavy atom. The van der Waals surface area contributed by atoms with Gasteiger partial charge >= 0.3 is 6.09 Å². The van der Waals surface area contributed by atoms with Crippen LogP contribution in [0.25, 0.3) is 10.2 Å². The lowest BCUT2D eigenvalue weighted by molar-refractivity contribution is -0.129. The van der Waals surface area contributed by atoms with Gasteiger partial charge in [-0.15, -0.1) is 11.8 Å². The van der Waals surface area contributed by atoms with Crippen LogP contribution in [0, 0.1) is 0 Å². The number of ether oxygens (including phenoxy) is 3. The maximum Gasteiger partial charge on any atom is 0.409 e. The summed E-state index contributed by atoms with van der Waals surface area (Å²) in [4.78, 5) is 45.3. The van der Waals surface area contributed by atoms with E-state index in [0.29, 0.717) is 64.0 Å². The second kappa shape index (κ2) is 14.2.